The van der Waals surface area contributed by atoms with Gasteiger partial charge in [0.2, 0.25) is 0 Å². The average Bonchev–Trinajstić information content (AvgIpc) is 3.52. The first-order valence-corrected chi connectivity index (χ1v) is 14.4. The third-order valence-electron chi connectivity index (χ3n) is 7.09. The number of nitrogens with one attached hydrogen (secondary N) is 1. The number of carbonyl (C=O) groups is 2. The average molecular weight is 575 g/mol. The maximum absolute atomic E-state index is 13.5. The van der Waals surface area contributed by atoms with E-state index in [0.717, 1.165) is 27.4 Å². The van der Waals surface area contributed by atoms with Gasteiger partial charge in [0, 0.05) is 36.6 Å². The molecule has 1 unspecified atom stereocenters. The SMILES string of the molecule is Cc1cc(-c2sc(NC(=O)N3CCC4(COCCN4C(=O)OC(C)(C)C)C3)nc2-c2cccc(C#N)c2)cc(C)n1. The highest BCUT2D eigenvalue weighted by Gasteiger charge is 2.49. The maximum atomic E-state index is 13.5. The van der Waals surface area contributed by atoms with Crippen molar-refractivity contribution in [2.24, 2.45) is 0 Å². The Morgan fingerprint density at radius 1 is 1.12 bits per heavy atom. The molecule has 1 atom stereocenters. The third-order valence-corrected chi connectivity index (χ3v) is 8.11. The lowest BCUT2D eigenvalue weighted by molar-refractivity contribution is -0.0699. The fourth-order valence-corrected chi connectivity index (χ4v) is 6.30. The van der Waals surface area contributed by atoms with Crippen LogP contribution in [0.2, 0.25) is 0 Å². The Morgan fingerprint density at radius 3 is 2.59 bits per heavy atom. The molecule has 5 rings (SSSR count). The molecule has 0 aliphatic carbocycles. The Bertz CT molecular complexity index is 1500. The fraction of sp³-hybridized carbons (Fsp3) is 0.433. The van der Waals surface area contributed by atoms with Crippen LogP contribution in [0.1, 0.15) is 44.1 Å². The zero-order valence-corrected chi connectivity index (χ0v) is 24.8. The summed E-state index contributed by atoms with van der Waals surface area (Å²) in [6.07, 6.45) is 0.199. The molecule has 10 nitrogen and oxygen atoms in total. The van der Waals surface area contributed by atoms with Crippen LogP contribution in [0.5, 0.6) is 0 Å². The number of carbonyl (C=O) groups excluding carboxylic acids is 2. The molecule has 2 aromatic heterocycles. The summed E-state index contributed by atoms with van der Waals surface area (Å²) in [5.74, 6) is 0. The predicted molar refractivity (Wildman–Crippen MR) is 157 cm³/mol. The van der Waals surface area contributed by atoms with E-state index in [1.165, 1.54) is 11.3 Å². The van der Waals surface area contributed by atoms with Gasteiger partial charge < -0.3 is 14.4 Å². The zero-order chi connectivity index (χ0) is 29.4. The van der Waals surface area contributed by atoms with Crippen molar-refractivity contribution < 1.29 is 19.1 Å². The van der Waals surface area contributed by atoms with Gasteiger partial charge in [0.1, 0.15) is 5.60 Å². The molecule has 1 aromatic carbocycles. The molecule has 2 aliphatic heterocycles. The van der Waals surface area contributed by atoms with Crippen molar-refractivity contribution >= 4 is 28.6 Å². The lowest BCUT2D eigenvalue weighted by Crippen LogP contribution is -2.61. The van der Waals surface area contributed by atoms with E-state index in [0.29, 0.717) is 55.7 Å². The molecule has 214 valence electrons. The number of morpholine rings is 1. The molecule has 11 heteroatoms. The van der Waals surface area contributed by atoms with Gasteiger partial charge >= 0.3 is 12.1 Å². The first kappa shape index (κ1) is 28.5. The highest BCUT2D eigenvalue weighted by molar-refractivity contribution is 7.19. The quantitative estimate of drug-likeness (QED) is 0.432. The van der Waals surface area contributed by atoms with Crippen molar-refractivity contribution in [1.82, 2.24) is 19.8 Å². The molecule has 4 heterocycles. The van der Waals surface area contributed by atoms with Crippen LogP contribution in [-0.2, 0) is 9.47 Å². The molecule has 0 radical (unpaired) electrons. The molecule has 3 aromatic rings. The number of hydrogen-bond donors (Lipinski definition) is 1. The van der Waals surface area contributed by atoms with Crippen molar-refractivity contribution in [3.05, 3.63) is 53.3 Å². The number of nitriles is 1. The minimum Gasteiger partial charge on any atom is -0.444 e. The number of likely N-dealkylation sites (tertiary alicyclic amines) is 1. The van der Waals surface area contributed by atoms with E-state index in [2.05, 4.69) is 16.4 Å². The van der Waals surface area contributed by atoms with Gasteiger partial charge in [-0.25, -0.2) is 14.6 Å². The van der Waals surface area contributed by atoms with Crippen LogP contribution in [-0.4, -0.2) is 75.9 Å². The van der Waals surface area contributed by atoms with Crippen molar-refractivity contribution in [2.45, 2.75) is 52.2 Å². The second kappa shape index (κ2) is 11.1. The summed E-state index contributed by atoms with van der Waals surface area (Å²) < 4.78 is 11.4. The number of ether oxygens (including phenoxy) is 2. The van der Waals surface area contributed by atoms with E-state index in [4.69, 9.17) is 14.5 Å². The highest BCUT2D eigenvalue weighted by Crippen LogP contribution is 2.40. The number of hydrogen-bond acceptors (Lipinski definition) is 8. The molecule has 3 amide bonds. The molecule has 1 spiro atoms. The Kier molecular flexibility index (Phi) is 7.72. The van der Waals surface area contributed by atoms with Gasteiger partial charge in [-0.15, -0.1) is 0 Å². The summed E-state index contributed by atoms with van der Waals surface area (Å²) >= 11 is 1.37. The molecule has 1 N–H and O–H groups in total. The number of amides is 3. The molecule has 2 saturated heterocycles. The van der Waals surface area contributed by atoms with E-state index in [1.54, 1.807) is 21.9 Å². The summed E-state index contributed by atoms with van der Waals surface area (Å²) in [5.41, 5.74) is 3.44. The van der Waals surface area contributed by atoms with E-state index in [-0.39, 0.29) is 12.1 Å². The number of nitrogens with zero attached hydrogens (tertiary/aromatic N) is 5. The molecule has 0 saturated carbocycles. The number of rotatable bonds is 3. The lowest BCUT2D eigenvalue weighted by Gasteiger charge is -2.44. The van der Waals surface area contributed by atoms with Crippen LogP contribution in [0.25, 0.3) is 21.7 Å². The van der Waals surface area contributed by atoms with Crippen LogP contribution < -0.4 is 5.32 Å². The summed E-state index contributed by atoms with van der Waals surface area (Å²) in [5, 5.41) is 12.9. The molecular weight excluding hydrogens is 540 g/mol. The van der Waals surface area contributed by atoms with Gasteiger partial charge in [-0.3, -0.25) is 15.2 Å². The maximum Gasteiger partial charge on any atom is 0.410 e. The van der Waals surface area contributed by atoms with Crippen LogP contribution >= 0.6 is 11.3 Å². The van der Waals surface area contributed by atoms with Crippen molar-refractivity contribution in [3.63, 3.8) is 0 Å². The Morgan fingerprint density at radius 2 is 1.88 bits per heavy atom. The van der Waals surface area contributed by atoms with E-state index >= 15 is 0 Å². The monoisotopic (exact) mass is 574 g/mol. The molecule has 2 fully saturated rings. The minimum atomic E-state index is -0.638. The molecule has 2 aliphatic rings. The van der Waals surface area contributed by atoms with Gasteiger partial charge in [-0.2, -0.15) is 5.26 Å². The standard InChI is InChI=1S/C30H34N6O4S/c1-19-13-23(14-20(2)32-19)25-24(22-8-6-7-21(15-22)16-31)33-26(41-25)34-27(37)35-10-9-30(17-35)18-39-12-11-36(30)28(38)40-29(3,4)5/h6-8,13-15H,9-12,17-18H2,1-5H3,(H,33,34,37). The summed E-state index contributed by atoms with van der Waals surface area (Å²) in [6.45, 7) is 11.4. The Hall–Kier alpha value is -4.01. The van der Waals surface area contributed by atoms with Crippen LogP contribution in [0, 0.1) is 25.2 Å². The second-order valence-electron chi connectivity index (χ2n) is 11.5. The fourth-order valence-electron chi connectivity index (χ4n) is 5.34. The van der Waals surface area contributed by atoms with E-state index < -0.39 is 11.1 Å². The lowest BCUT2D eigenvalue weighted by atomic mass is 9.96. The van der Waals surface area contributed by atoms with Gasteiger partial charge in [0.25, 0.3) is 0 Å². The number of urea groups is 1. The first-order chi connectivity index (χ1) is 19.5. The largest absolute Gasteiger partial charge is 0.444 e. The Balaban J connectivity index is 1.40. The van der Waals surface area contributed by atoms with Crippen LogP contribution in [0.15, 0.2) is 36.4 Å². The third kappa shape index (κ3) is 6.19. The summed E-state index contributed by atoms with van der Waals surface area (Å²) in [6, 6.07) is 13.1. The van der Waals surface area contributed by atoms with Gasteiger partial charge in [-0.05, 0) is 70.9 Å². The zero-order valence-electron chi connectivity index (χ0n) is 24.0. The second-order valence-corrected chi connectivity index (χ2v) is 12.5. The predicted octanol–water partition coefficient (Wildman–Crippen LogP) is 5.60. The number of aromatic nitrogens is 2. The summed E-state index contributed by atoms with van der Waals surface area (Å²) in [4.78, 5) is 40.1. The van der Waals surface area contributed by atoms with Crippen molar-refractivity contribution in [1.29, 1.82) is 5.26 Å². The number of thiazole rings is 1. The number of pyridine rings is 1. The molecule has 41 heavy (non-hydrogen) atoms. The normalized spacial score (nSPS) is 18.8. The number of aryl methyl sites for hydroxylation is 2. The van der Waals surface area contributed by atoms with Crippen LogP contribution in [0.3, 0.4) is 0 Å². The highest BCUT2D eigenvalue weighted by atomic mass is 32.1. The van der Waals surface area contributed by atoms with Gasteiger partial charge in [0.15, 0.2) is 5.13 Å². The topological polar surface area (TPSA) is 121 Å². The smallest absolute Gasteiger partial charge is 0.410 e. The molecular formula is C30H34N6O4S. The van der Waals surface area contributed by atoms with Gasteiger partial charge in [0.05, 0.1) is 41.0 Å². The minimum absolute atomic E-state index is 0.295. The number of anilines is 1. The van der Waals surface area contributed by atoms with E-state index in [9.17, 15) is 14.9 Å². The summed E-state index contributed by atoms with van der Waals surface area (Å²) in [7, 11) is 0. The first-order valence-electron chi connectivity index (χ1n) is 13.6. The van der Waals surface area contributed by atoms with Crippen molar-refractivity contribution in [3.8, 4) is 27.8 Å². The van der Waals surface area contributed by atoms with E-state index in [1.807, 2.05) is 58.9 Å². The van der Waals surface area contributed by atoms with Gasteiger partial charge in [-0.1, -0.05) is 23.5 Å². The van der Waals surface area contributed by atoms with Crippen LogP contribution in [0.4, 0.5) is 14.7 Å². The Labute approximate surface area is 243 Å². The number of benzene rings is 1. The molecule has 0 bridgehead atoms. The van der Waals surface area contributed by atoms with Crippen molar-refractivity contribution in [2.75, 3.05) is 38.2 Å².